The molecule has 0 saturated carbocycles. The third-order valence-electron chi connectivity index (χ3n) is 2.82. The molecule has 0 aliphatic heterocycles. The van der Waals surface area contributed by atoms with Gasteiger partial charge in [-0.25, -0.2) is 10.6 Å². The van der Waals surface area contributed by atoms with Crippen LogP contribution in [0.2, 0.25) is 0 Å². The molecule has 0 fully saturated rings. The van der Waals surface area contributed by atoms with Gasteiger partial charge in [0, 0.05) is 5.69 Å². The summed E-state index contributed by atoms with van der Waals surface area (Å²) in [5.41, 5.74) is 7.21. The third kappa shape index (κ3) is 4.85. The molecule has 2 amide bonds. The molecule has 10 nitrogen and oxygen atoms in total. The predicted molar refractivity (Wildman–Crippen MR) is 81.0 cm³/mol. The Morgan fingerprint density at radius 3 is 2.61 bits per heavy atom. The highest BCUT2D eigenvalue weighted by Crippen LogP contribution is 2.12. The molecule has 1 heterocycles. The van der Waals surface area contributed by atoms with E-state index >= 15 is 0 Å². The van der Waals surface area contributed by atoms with Crippen molar-refractivity contribution < 1.29 is 14.4 Å². The molecule has 0 aliphatic rings. The molecular weight excluding hydrogens is 302 g/mol. The zero-order chi connectivity index (χ0) is 16.7. The molecule has 0 unspecified atom stereocenters. The van der Waals surface area contributed by atoms with Crippen LogP contribution in [0.15, 0.2) is 30.5 Å². The Labute approximate surface area is 131 Å². The van der Waals surface area contributed by atoms with Crippen LogP contribution in [0.25, 0.3) is 5.69 Å². The highest BCUT2D eigenvalue weighted by molar-refractivity contribution is 5.92. The fourth-order valence-electron chi connectivity index (χ4n) is 1.73. The summed E-state index contributed by atoms with van der Waals surface area (Å²) in [5.74, 6) is 4.19. The summed E-state index contributed by atoms with van der Waals surface area (Å²) >= 11 is 0. The summed E-state index contributed by atoms with van der Waals surface area (Å²) in [4.78, 5) is 26.6. The highest BCUT2D eigenvalue weighted by Gasteiger charge is 2.06. The number of hydrogen-bond acceptors (Lipinski definition) is 7. The van der Waals surface area contributed by atoms with Crippen LogP contribution < -0.4 is 22.3 Å². The smallest absolute Gasteiger partial charge is 0.248 e. The average Bonchev–Trinajstić information content (AvgIpc) is 3.03. The lowest BCUT2D eigenvalue weighted by molar-refractivity contribution is -0.126. The lowest BCUT2D eigenvalue weighted by atomic mass is 10.3. The molecule has 0 bridgehead atoms. The number of hydrogen-bond donors (Lipinski definition) is 4. The van der Waals surface area contributed by atoms with Gasteiger partial charge in [-0.15, -0.1) is 5.10 Å². The molecule has 0 atom stereocenters. The van der Waals surface area contributed by atoms with Gasteiger partial charge >= 0.3 is 0 Å². The minimum Gasteiger partial charge on any atom is -0.348 e. The molecule has 0 spiro atoms. The van der Waals surface area contributed by atoms with Gasteiger partial charge in [-0.3, -0.25) is 14.4 Å². The van der Waals surface area contributed by atoms with E-state index in [2.05, 4.69) is 25.8 Å². The summed E-state index contributed by atoms with van der Waals surface area (Å²) in [6, 6.07) is 6.99. The molecule has 0 radical (unpaired) electrons. The minimum atomic E-state index is -0.345. The number of aromatic nitrogens is 3. The molecule has 0 aliphatic carbocycles. The van der Waals surface area contributed by atoms with Gasteiger partial charge in [0.05, 0.1) is 25.0 Å². The third-order valence-corrected chi connectivity index (χ3v) is 2.82. The second-order valence-electron chi connectivity index (χ2n) is 4.54. The van der Waals surface area contributed by atoms with Crippen molar-refractivity contribution in [3.63, 3.8) is 0 Å². The van der Waals surface area contributed by atoms with Crippen LogP contribution in [0.3, 0.4) is 0 Å². The number of benzene rings is 1. The highest BCUT2D eigenvalue weighted by atomic mass is 16.6. The second-order valence-corrected chi connectivity index (χ2v) is 4.54. The fourth-order valence-corrected chi connectivity index (χ4v) is 1.73. The van der Waals surface area contributed by atoms with Crippen LogP contribution >= 0.6 is 0 Å². The Hall–Kier alpha value is -2.82. The van der Waals surface area contributed by atoms with Gasteiger partial charge in [0.25, 0.3) is 0 Å². The zero-order valence-corrected chi connectivity index (χ0v) is 12.2. The number of nitrogens with two attached hydrogens (primary N) is 2. The quantitative estimate of drug-likeness (QED) is 0.462. The molecule has 6 N–H and O–H groups in total. The molecule has 23 heavy (non-hydrogen) atoms. The van der Waals surface area contributed by atoms with E-state index in [-0.39, 0.29) is 31.5 Å². The largest absolute Gasteiger partial charge is 0.348 e. The first-order valence-electron chi connectivity index (χ1n) is 6.72. The second kappa shape index (κ2) is 7.98. The lowest BCUT2D eigenvalue weighted by Gasteiger charge is -2.05. The van der Waals surface area contributed by atoms with E-state index in [4.69, 9.17) is 11.6 Å². The van der Waals surface area contributed by atoms with Crippen LogP contribution in [-0.4, -0.2) is 40.0 Å². The van der Waals surface area contributed by atoms with Gasteiger partial charge in [0.1, 0.15) is 12.3 Å². The standard InChI is InChI=1S/C13H17N7O3/c14-5-12(21)17-9-1-3-11(4-2-9)20-7-10(18-19-20)6-16-13(22)8-23-15/h1-4,7H,5-6,8,14-15H2,(H,16,22)(H,17,21). The van der Waals surface area contributed by atoms with E-state index in [9.17, 15) is 9.59 Å². The van der Waals surface area contributed by atoms with Crippen LogP contribution in [0, 0.1) is 0 Å². The van der Waals surface area contributed by atoms with Gasteiger partial charge in [0.15, 0.2) is 0 Å². The lowest BCUT2D eigenvalue weighted by Crippen LogP contribution is -2.28. The van der Waals surface area contributed by atoms with Crippen molar-refractivity contribution >= 4 is 17.5 Å². The van der Waals surface area contributed by atoms with E-state index in [1.54, 1.807) is 35.1 Å². The van der Waals surface area contributed by atoms with Gasteiger partial charge in [0.2, 0.25) is 11.8 Å². The first-order chi connectivity index (χ1) is 11.1. The number of amides is 2. The SMILES string of the molecule is NCC(=O)Nc1ccc(-n2cc(CNC(=O)CON)nn2)cc1. The fraction of sp³-hybridized carbons (Fsp3) is 0.231. The topological polar surface area (TPSA) is 150 Å². The van der Waals surface area contributed by atoms with Crippen molar-refractivity contribution in [3.05, 3.63) is 36.2 Å². The van der Waals surface area contributed by atoms with Gasteiger partial charge in [-0.05, 0) is 24.3 Å². The van der Waals surface area contributed by atoms with Crippen molar-refractivity contribution in [2.75, 3.05) is 18.5 Å². The van der Waals surface area contributed by atoms with Crippen molar-refractivity contribution in [1.29, 1.82) is 0 Å². The maximum Gasteiger partial charge on any atom is 0.248 e. The predicted octanol–water partition coefficient (Wildman–Crippen LogP) is -1.33. The van der Waals surface area contributed by atoms with Crippen molar-refractivity contribution in [1.82, 2.24) is 20.3 Å². The van der Waals surface area contributed by atoms with E-state index in [1.165, 1.54) is 0 Å². The van der Waals surface area contributed by atoms with Crippen LogP contribution in [0.1, 0.15) is 5.69 Å². The summed E-state index contributed by atoms with van der Waals surface area (Å²) in [5, 5.41) is 13.1. The van der Waals surface area contributed by atoms with E-state index in [0.717, 1.165) is 5.69 Å². The summed E-state index contributed by atoms with van der Waals surface area (Å²) in [7, 11) is 0. The zero-order valence-electron chi connectivity index (χ0n) is 12.2. The monoisotopic (exact) mass is 319 g/mol. The Kier molecular flexibility index (Phi) is 5.74. The number of carbonyl (C=O) groups is 2. The number of anilines is 1. The van der Waals surface area contributed by atoms with Crippen LogP contribution in [0.5, 0.6) is 0 Å². The van der Waals surface area contributed by atoms with E-state index in [0.29, 0.717) is 11.4 Å². The van der Waals surface area contributed by atoms with Crippen molar-refractivity contribution in [2.45, 2.75) is 6.54 Å². The Morgan fingerprint density at radius 1 is 1.22 bits per heavy atom. The molecule has 2 aromatic rings. The van der Waals surface area contributed by atoms with E-state index < -0.39 is 0 Å². The average molecular weight is 319 g/mol. The number of carbonyl (C=O) groups excluding carboxylic acids is 2. The van der Waals surface area contributed by atoms with Crippen molar-refractivity contribution in [2.24, 2.45) is 11.6 Å². The number of nitrogens with one attached hydrogen (secondary N) is 2. The normalized spacial score (nSPS) is 10.3. The maximum atomic E-state index is 11.2. The molecular formula is C13H17N7O3. The molecule has 0 saturated heterocycles. The van der Waals surface area contributed by atoms with Gasteiger partial charge in [-0.1, -0.05) is 5.21 Å². The molecule has 10 heteroatoms. The summed E-state index contributed by atoms with van der Waals surface area (Å²) in [6.45, 7) is -0.0773. The molecule has 1 aromatic carbocycles. The van der Waals surface area contributed by atoms with E-state index in [1.807, 2.05) is 0 Å². The first-order valence-corrected chi connectivity index (χ1v) is 6.72. The van der Waals surface area contributed by atoms with Gasteiger partial charge in [-0.2, -0.15) is 0 Å². The molecule has 122 valence electrons. The molecule has 2 rings (SSSR count). The van der Waals surface area contributed by atoms with Gasteiger partial charge < -0.3 is 16.4 Å². The number of rotatable bonds is 7. The van der Waals surface area contributed by atoms with Crippen LogP contribution in [-0.2, 0) is 21.0 Å². The Balaban J connectivity index is 1.97. The van der Waals surface area contributed by atoms with Crippen molar-refractivity contribution in [3.8, 4) is 5.69 Å². The summed E-state index contributed by atoms with van der Waals surface area (Å²) in [6.07, 6.45) is 1.68. The van der Waals surface area contributed by atoms with Crippen LogP contribution in [0.4, 0.5) is 5.69 Å². The Morgan fingerprint density at radius 2 is 1.96 bits per heavy atom. The summed E-state index contributed by atoms with van der Waals surface area (Å²) < 4.78 is 1.55. The first kappa shape index (κ1) is 16.5. The Bertz CT molecular complexity index is 668. The molecule has 1 aromatic heterocycles. The minimum absolute atomic E-state index is 0.0743. The maximum absolute atomic E-state index is 11.2. The number of nitrogens with zero attached hydrogens (tertiary/aromatic N) is 3.